The lowest BCUT2D eigenvalue weighted by atomic mass is 9.84. The van der Waals surface area contributed by atoms with Gasteiger partial charge in [-0.2, -0.15) is 0 Å². The molecule has 0 atom stereocenters. The van der Waals surface area contributed by atoms with Crippen molar-refractivity contribution in [2.45, 2.75) is 0 Å². The number of hydrogen-bond donors (Lipinski definition) is 0. The van der Waals surface area contributed by atoms with Gasteiger partial charge in [-0.05, 0) is 67.1 Å². The molecule has 1 nitrogen and oxygen atoms in total. The maximum atomic E-state index is 9.58. The molecule has 0 bridgehead atoms. The van der Waals surface area contributed by atoms with Crippen molar-refractivity contribution < 1.29 is 29.1 Å². The number of fused-ring (bicyclic) bond motifs is 3. The van der Waals surface area contributed by atoms with Gasteiger partial charge in [0, 0.05) is 22.1 Å². The van der Waals surface area contributed by atoms with Gasteiger partial charge in [-0.1, -0.05) is 169 Å². The predicted octanol–water partition coefficient (Wildman–Crippen LogP) is 13.1. The van der Waals surface area contributed by atoms with Crippen molar-refractivity contribution in [2.75, 3.05) is 0 Å². The van der Waals surface area contributed by atoms with Gasteiger partial charge in [0.2, 0.25) is 0 Å². The van der Waals surface area contributed by atoms with Crippen molar-refractivity contribution in [1.29, 1.82) is 0 Å². The summed E-state index contributed by atoms with van der Waals surface area (Å²) in [5, 5.41) is -0.448. The Labute approximate surface area is 299 Å². The molecule has 0 unspecified atom stereocenters. The minimum Gasteiger partial charge on any atom is -0.455 e. The minimum atomic E-state index is -0.670. The molecule has 0 amide bonds. The van der Waals surface area contributed by atoms with Crippen LogP contribution in [0.25, 0.3) is 88.3 Å². The molecular formula is C46H30O. The van der Waals surface area contributed by atoms with Crippen molar-refractivity contribution in [1.82, 2.24) is 0 Å². The average Bonchev–Trinajstić information content (AvgIpc) is 3.69. The monoisotopic (exact) mass is 616 g/mol. The molecule has 9 rings (SSSR count). The topological polar surface area (TPSA) is 13.1 Å². The minimum absolute atomic E-state index is 0.0290. The third-order valence-electron chi connectivity index (χ3n) is 8.11. The largest absolute Gasteiger partial charge is 0.455 e. The zero-order valence-corrected chi connectivity index (χ0v) is 24.3. The van der Waals surface area contributed by atoms with E-state index in [0.29, 0.717) is 5.56 Å². The van der Waals surface area contributed by atoms with E-state index < -0.39 is 109 Å². The van der Waals surface area contributed by atoms with E-state index in [-0.39, 0.29) is 82.8 Å². The molecule has 0 saturated heterocycles. The van der Waals surface area contributed by atoms with E-state index in [9.17, 15) is 5.48 Å². The normalized spacial score (nSPS) is 16.8. The Morgan fingerprint density at radius 1 is 0.362 bits per heavy atom. The number of furan rings is 1. The summed E-state index contributed by atoms with van der Waals surface area (Å²) in [7, 11) is 0. The molecule has 0 spiro atoms. The summed E-state index contributed by atoms with van der Waals surface area (Å²) < 4.78 is 166. The molecule has 9 aromatic rings. The van der Waals surface area contributed by atoms with E-state index >= 15 is 0 Å². The molecular weight excluding hydrogens is 569 g/mol. The quantitative estimate of drug-likeness (QED) is 0.175. The van der Waals surface area contributed by atoms with Crippen LogP contribution >= 0.6 is 0 Å². The Balaban J connectivity index is 1.59. The molecule has 0 radical (unpaired) electrons. The van der Waals surface area contributed by atoms with Crippen molar-refractivity contribution in [3.63, 3.8) is 0 Å². The van der Waals surface area contributed by atoms with E-state index in [4.69, 9.17) is 23.6 Å². The summed E-state index contributed by atoms with van der Waals surface area (Å²) in [6, 6.07) is 8.30. The van der Waals surface area contributed by atoms with Crippen molar-refractivity contribution in [2.24, 2.45) is 0 Å². The molecule has 0 aliphatic heterocycles. The molecule has 47 heavy (non-hydrogen) atoms. The van der Waals surface area contributed by atoms with Gasteiger partial charge in [-0.25, -0.2) is 0 Å². The lowest BCUT2D eigenvalue weighted by Crippen LogP contribution is -1.92. The smallest absolute Gasteiger partial charge is 0.143 e. The highest BCUT2D eigenvalue weighted by Crippen LogP contribution is 2.51. The van der Waals surface area contributed by atoms with E-state index in [1.165, 1.54) is 24.3 Å². The van der Waals surface area contributed by atoms with Crippen LogP contribution in [-0.4, -0.2) is 0 Å². The zero-order chi connectivity index (χ0) is 46.8. The summed E-state index contributed by atoms with van der Waals surface area (Å²) in [4.78, 5) is 0. The Hall–Kier alpha value is -6.18. The Bertz CT molecular complexity index is 3440. The molecule has 1 heterocycles. The summed E-state index contributed by atoms with van der Waals surface area (Å²) in [6.07, 6.45) is 0. The lowest BCUT2D eigenvalue weighted by Gasteiger charge is -2.18. The Kier molecular flexibility index (Phi) is 3.49. The first-order chi connectivity index (χ1) is 30.8. The number of hydrogen-bond acceptors (Lipinski definition) is 1. The first-order valence-electron chi connectivity index (χ1n) is 23.6. The molecule has 0 N–H and O–H groups in total. The molecule has 8 aromatic carbocycles. The van der Waals surface area contributed by atoms with Gasteiger partial charge in [0.15, 0.2) is 0 Å². The van der Waals surface area contributed by atoms with Crippen LogP contribution in [0, 0.1) is 0 Å². The predicted molar refractivity (Wildman–Crippen MR) is 198 cm³/mol. The highest BCUT2D eigenvalue weighted by atomic mass is 16.3. The van der Waals surface area contributed by atoms with Gasteiger partial charge in [-0.3, -0.25) is 0 Å². The van der Waals surface area contributed by atoms with Gasteiger partial charge >= 0.3 is 0 Å². The van der Waals surface area contributed by atoms with Crippen LogP contribution in [0.15, 0.2) is 186 Å². The van der Waals surface area contributed by atoms with Crippen LogP contribution in [0.5, 0.6) is 0 Å². The highest BCUT2D eigenvalue weighted by molar-refractivity contribution is 6.25. The second-order valence-electron chi connectivity index (χ2n) is 10.7. The van der Waals surface area contributed by atoms with Crippen LogP contribution in [-0.2, 0) is 0 Å². The van der Waals surface area contributed by atoms with Crippen LogP contribution in [0.1, 0.15) is 24.7 Å². The lowest BCUT2D eigenvalue weighted by molar-refractivity contribution is 0.633. The molecule has 220 valence electrons. The maximum absolute atomic E-state index is 9.58. The van der Waals surface area contributed by atoms with Crippen LogP contribution in [0.2, 0.25) is 0 Å². The Morgan fingerprint density at radius 2 is 0.894 bits per heavy atom. The second-order valence-corrected chi connectivity index (χ2v) is 10.7. The van der Waals surface area contributed by atoms with Gasteiger partial charge in [-0.15, -0.1) is 0 Å². The molecule has 0 aliphatic rings. The van der Waals surface area contributed by atoms with E-state index in [1.807, 2.05) is 0 Å². The van der Waals surface area contributed by atoms with Gasteiger partial charge < -0.3 is 4.42 Å². The van der Waals surface area contributed by atoms with Crippen molar-refractivity contribution in [3.05, 3.63) is 182 Å². The van der Waals surface area contributed by atoms with E-state index in [2.05, 4.69) is 0 Å². The fourth-order valence-electron chi connectivity index (χ4n) is 6.14. The first kappa shape index (κ1) is 14.5. The third-order valence-corrected chi connectivity index (χ3v) is 8.11. The zero-order valence-electron chi connectivity index (χ0n) is 42.3. The summed E-state index contributed by atoms with van der Waals surface area (Å²) in [5.74, 6) is -0.115. The summed E-state index contributed by atoms with van der Waals surface area (Å²) in [6.45, 7) is 0. The summed E-state index contributed by atoms with van der Waals surface area (Å²) in [5.41, 5.74) is 0.238. The standard InChI is InChI=1S/C46H30O/c1-4-16-31(17-5-1)34-28-29-42-41(30-34)45(46(47-42)40-27-15-10-22-35(40)32-18-6-2-7-19-32)44-38-25-13-11-23-36(38)43(33-20-8-3-9-21-33)37-24-12-14-26-39(37)44/h1-30H/i1D,2D,4D,5D,6D,7D,11D,12D,13D,14D,16D,17D,18D,19D,23D,24D,25D,26D. The van der Waals surface area contributed by atoms with Crippen LogP contribution in [0.4, 0.5) is 0 Å². The van der Waals surface area contributed by atoms with Crippen LogP contribution < -0.4 is 0 Å². The summed E-state index contributed by atoms with van der Waals surface area (Å²) >= 11 is 0. The third kappa shape index (κ3) is 4.56. The van der Waals surface area contributed by atoms with Gasteiger partial charge in [0.25, 0.3) is 0 Å². The first-order valence-corrected chi connectivity index (χ1v) is 14.6. The van der Waals surface area contributed by atoms with Gasteiger partial charge in [0.1, 0.15) is 11.3 Å². The molecule has 0 aliphatic carbocycles. The number of rotatable bonds is 5. The second kappa shape index (κ2) is 11.3. The maximum Gasteiger partial charge on any atom is 0.143 e. The van der Waals surface area contributed by atoms with Crippen LogP contribution in [0.3, 0.4) is 0 Å². The molecule has 0 fully saturated rings. The Morgan fingerprint density at radius 3 is 1.53 bits per heavy atom. The fraction of sp³-hybridized carbons (Fsp3) is 0. The molecule has 1 aromatic heterocycles. The van der Waals surface area contributed by atoms with Gasteiger partial charge in [0.05, 0.1) is 24.7 Å². The average molecular weight is 617 g/mol. The van der Waals surface area contributed by atoms with Crippen molar-refractivity contribution >= 4 is 32.5 Å². The van der Waals surface area contributed by atoms with E-state index in [0.717, 1.165) is 0 Å². The molecule has 0 saturated carbocycles. The van der Waals surface area contributed by atoms with Crippen molar-refractivity contribution in [3.8, 4) is 55.8 Å². The number of benzene rings is 8. The fourth-order valence-corrected chi connectivity index (χ4v) is 6.14. The van der Waals surface area contributed by atoms with E-state index in [1.54, 1.807) is 48.5 Å². The molecule has 1 heteroatoms. The highest BCUT2D eigenvalue weighted by Gasteiger charge is 2.25. The SMILES string of the molecule is [2H]c1c([2H])c([2H])c(-c2ccc3oc(-c4ccccc4-c4c([2H])c([2H])c([2H])c([2H])c4[2H])c(-c4c5c([2H])c([2H])c([2H])c([2H])c5c(-c5ccccc5)c5c([2H])c([2H])c([2H])c([2H])c45)c3c2)c([2H])c1[2H].